The third kappa shape index (κ3) is 5.93. The zero-order valence-electron chi connectivity index (χ0n) is 18.0. The van der Waals surface area contributed by atoms with Crippen LogP contribution in [0.4, 0.5) is 18.9 Å². The molecule has 0 bridgehead atoms. The highest BCUT2D eigenvalue weighted by Gasteiger charge is 2.31. The number of anilines is 1. The van der Waals surface area contributed by atoms with Gasteiger partial charge in [-0.2, -0.15) is 0 Å². The van der Waals surface area contributed by atoms with Crippen molar-refractivity contribution in [2.75, 3.05) is 38.0 Å². The van der Waals surface area contributed by atoms with Crippen molar-refractivity contribution in [2.45, 2.75) is 6.36 Å². The SMILES string of the molecule is O=C(CN1CCN(C(=O)c2cncn2-c2ccccc2)CC1)Nc1ccc(OC(F)(F)F)cc1. The summed E-state index contributed by atoms with van der Waals surface area (Å²) < 4.78 is 42.3. The number of imidazole rings is 1. The molecular formula is C23H22F3N5O3. The largest absolute Gasteiger partial charge is 0.573 e. The van der Waals surface area contributed by atoms with Crippen LogP contribution in [0, 0.1) is 0 Å². The second kappa shape index (κ2) is 9.96. The summed E-state index contributed by atoms with van der Waals surface area (Å²) in [5.41, 5.74) is 1.68. The number of alkyl halides is 3. The maximum atomic E-state index is 13.0. The molecule has 0 atom stereocenters. The summed E-state index contributed by atoms with van der Waals surface area (Å²) in [6, 6.07) is 14.4. The van der Waals surface area contributed by atoms with Gasteiger partial charge in [0.05, 0.1) is 19.1 Å². The molecule has 2 aromatic carbocycles. The number of carbonyl (C=O) groups excluding carboxylic acids is 2. The minimum atomic E-state index is -4.77. The average Bonchev–Trinajstić information content (AvgIpc) is 3.30. The van der Waals surface area contributed by atoms with Crippen LogP contribution in [0.3, 0.4) is 0 Å². The number of rotatable bonds is 6. The maximum Gasteiger partial charge on any atom is 0.573 e. The molecule has 1 aromatic heterocycles. The molecule has 0 saturated carbocycles. The lowest BCUT2D eigenvalue weighted by Crippen LogP contribution is -2.50. The highest BCUT2D eigenvalue weighted by atomic mass is 19.4. The molecule has 4 rings (SSSR count). The van der Waals surface area contributed by atoms with Gasteiger partial charge in [-0.05, 0) is 36.4 Å². The van der Waals surface area contributed by atoms with Gasteiger partial charge in [0.2, 0.25) is 5.91 Å². The van der Waals surface area contributed by atoms with Gasteiger partial charge in [-0.15, -0.1) is 13.2 Å². The number of nitrogens with zero attached hydrogens (tertiary/aromatic N) is 4. The average molecular weight is 473 g/mol. The van der Waals surface area contributed by atoms with Crippen LogP contribution in [-0.2, 0) is 4.79 Å². The summed E-state index contributed by atoms with van der Waals surface area (Å²) >= 11 is 0. The molecule has 3 aromatic rings. The predicted octanol–water partition coefficient (Wildman–Crippen LogP) is 3.17. The zero-order valence-corrected chi connectivity index (χ0v) is 18.0. The zero-order chi connectivity index (χ0) is 24.1. The molecule has 0 aliphatic carbocycles. The van der Waals surface area contributed by atoms with E-state index in [1.54, 1.807) is 22.0 Å². The number of halogens is 3. The molecule has 34 heavy (non-hydrogen) atoms. The topological polar surface area (TPSA) is 79.7 Å². The molecule has 0 spiro atoms. The van der Waals surface area contributed by atoms with E-state index in [4.69, 9.17) is 0 Å². The summed E-state index contributed by atoms with van der Waals surface area (Å²) in [5, 5.41) is 2.65. The maximum absolute atomic E-state index is 13.0. The number of benzene rings is 2. The number of nitrogens with one attached hydrogen (secondary N) is 1. The Labute approximate surface area is 193 Å². The number of para-hydroxylation sites is 1. The van der Waals surface area contributed by atoms with Crippen molar-refractivity contribution in [1.82, 2.24) is 19.4 Å². The first-order chi connectivity index (χ1) is 16.3. The van der Waals surface area contributed by atoms with Crippen LogP contribution in [0.2, 0.25) is 0 Å². The van der Waals surface area contributed by atoms with E-state index in [1.807, 2.05) is 35.2 Å². The highest BCUT2D eigenvalue weighted by Crippen LogP contribution is 2.24. The Kier molecular flexibility index (Phi) is 6.82. The second-order valence-electron chi connectivity index (χ2n) is 7.67. The fourth-order valence-electron chi connectivity index (χ4n) is 3.66. The highest BCUT2D eigenvalue weighted by molar-refractivity contribution is 5.93. The predicted molar refractivity (Wildman–Crippen MR) is 118 cm³/mol. The number of carbonyl (C=O) groups is 2. The van der Waals surface area contributed by atoms with E-state index >= 15 is 0 Å². The Morgan fingerprint density at radius 1 is 0.971 bits per heavy atom. The van der Waals surface area contributed by atoms with Crippen LogP contribution < -0.4 is 10.1 Å². The fraction of sp³-hybridized carbons (Fsp3) is 0.261. The molecule has 2 heterocycles. The van der Waals surface area contributed by atoms with E-state index < -0.39 is 6.36 Å². The van der Waals surface area contributed by atoms with Crippen LogP contribution in [0.1, 0.15) is 10.5 Å². The first-order valence-corrected chi connectivity index (χ1v) is 10.5. The quantitative estimate of drug-likeness (QED) is 0.595. The molecule has 2 amide bonds. The molecule has 0 unspecified atom stereocenters. The van der Waals surface area contributed by atoms with Crippen molar-refractivity contribution in [1.29, 1.82) is 0 Å². The standard InChI is InChI=1S/C23H22F3N5O3/c24-23(25,26)34-19-8-6-17(7-9-19)28-21(32)15-29-10-12-30(13-11-29)22(33)20-14-27-16-31(20)18-4-2-1-3-5-18/h1-9,14,16H,10-13,15H2,(H,28,32). The van der Waals surface area contributed by atoms with E-state index in [0.29, 0.717) is 37.6 Å². The lowest BCUT2D eigenvalue weighted by Gasteiger charge is -2.34. The van der Waals surface area contributed by atoms with Crippen molar-refractivity contribution < 1.29 is 27.5 Å². The van der Waals surface area contributed by atoms with Crippen LogP contribution in [0.25, 0.3) is 5.69 Å². The fourth-order valence-corrected chi connectivity index (χ4v) is 3.66. The molecular weight excluding hydrogens is 451 g/mol. The van der Waals surface area contributed by atoms with Crippen molar-refractivity contribution in [3.8, 4) is 11.4 Å². The Bertz CT molecular complexity index is 1120. The van der Waals surface area contributed by atoms with Gasteiger partial charge >= 0.3 is 6.36 Å². The van der Waals surface area contributed by atoms with Crippen LogP contribution in [0.5, 0.6) is 5.75 Å². The molecule has 1 aliphatic heterocycles. The van der Waals surface area contributed by atoms with Crippen molar-refractivity contribution >= 4 is 17.5 Å². The van der Waals surface area contributed by atoms with Crippen LogP contribution in [0.15, 0.2) is 67.1 Å². The molecule has 1 saturated heterocycles. The van der Waals surface area contributed by atoms with E-state index in [0.717, 1.165) is 17.8 Å². The van der Waals surface area contributed by atoms with Crippen molar-refractivity contribution in [3.05, 3.63) is 72.8 Å². The lowest BCUT2D eigenvalue weighted by atomic mass is 10.2. The number of ether oxygens (including phenoxy) is 1. The third-order valence-corrected chi connectivity index (χ3v) is 5.29. The molecule has 11 heteroatoms. The van der Waals surface area contributed by atoms with E-state index in [1.165, 1.54) is 12.1 Å². The van der Waals surface area contributed by atoms with E-state index in [-0.39, 0.29) is 24.1 Å². The summed E-state index contributed by atoms with van der Waals surface area (Å²) in [4.78, 5) is 33.1. The first-order valence-electron chi connectivity index (χ1n) is 10.5. The number of amides is 2. The van der Waals surface area contributed by atoms with Gasteiger partial charge in [0.25, 0.3) is 5.91 Å². The third-order valence-electron chi connectivity index (χ3n) is 5.29. The molecule has 178 valence electrons. The van der Waals surface area contributed by atoms with Gasteiger partial charge in [-0.1, -0.05) is 18.2 Å². The minimum Gasteiger partial charge on any atom is -0.406 e. The smallest absolute Gasteiger partial charge is 0.406 e. The molecule has 8 nitrogen and oxygen atoms in total. The number of piperazine rings is 1. The molecule has 1 N–H and O–H groups in total. The van der Waals surface area contributed by atoms with E-state index in [9.17, 15) is 22.8 Å². The van der Waals surface area contributed by atoms with Gasteiger partial charge < -0.3 is 15.0 Å². The minimum absolute atomic E-state index is 0.102. The monoisotopic (exact) mass is 473 g/mol. The van der Waals surface area contributed by atoms with E-state index in [2.05, 4.69) is 15.0 Å². The molecule has 1 aliphatic rings. The van der Waals surface area contributed by atoms with Crippen molar-refractivity contribution in [3.63, 3.8) is 0 Å². The lowest BCUT2D eigenvalue weighted by molar-refractivity contribution is -0.274. The Balaban J connectivity index is 1.27. The molecule has 0 radical (unpaired) electrons. The number of aromatic nitrogens is 2. The number of hydrogen-bond donors (Lipinski definition) is 1. The summed E-state index contributed by atoms with van der Waals surface area (Å²) in [5.74, 6) is -0.794. The van der Waals surface area contributed by atoms with Gasteiger partial charge in [0, 0.05) is 37.6 Å². The van der Waals surface area contributed by atoms with Gasteiger partial charge in [-0.25, -0.2) is 4.98 Å². The summed E-state index contributed by atoms with van der Waals surface area (Å²) in [6.07, 6.45) is -1.62. The van der Waals surface area contributed by atoms with Gasteiger partial charge in [0.1, 0.15) is 11.4 Å². The van der Waals surface area contributed by atoms with Crippen molar-refractivity contribution in [2.24, 2.45) is 0 Å². The normalized spacial score (nSPS) is 14.6. The van der Waals surface area contributed by atoms with Crippen LogP contribution in [-0.4, -0.2) is 70.3 Å². The van der Waals surface area contributed by atoms with Gasteiger partial charge in [-0.3, -0.25) is 19.1 Å². The summed E-state index contributed by atoms with van der Waals surface area (Å²) in [6.45, 7) is 2.03. The Morgan fingerprint density at radius 3 is 2.29 bits per heavy atom. The number of hydrogen-bond acceptors (Lipinski definition) is 5. The first kappa shape index (κ1) is 23.3. The Hall–Kier alpha value is -3.86. The molecule has 1 fully saturated rings. The van der Waals surface area contributed by atoms with Gasteiger partial charge in [0.15, 0.2) is 0 Å². The summed E-state index contributed by atoms with van der Waals surface area (Å²) in [7, 11) is 0. The Morgan fingerprint density at radius 2 is 1.65 bits per heavy atom. The second-order valence-corrected chi connectivity index (χ2v) is 7.67. The van der Waals surface area contributed by atoms with Crippen LogP contribution >= 0.6 is 0 Å².